The molecule has 8 heteroatoms. The summed E-state index contributed by atoms with van der Waals surface area (Å²) >= 11 is 6.37. The van der Waals surface area contributed by atoms with Crippen LogP contribution in [0.15, 0.2) is 36.4 Å². The van der Waals surface area contributed by atoms with Crippen molar-refractivity contribution in [2.75, 3.05) is 20.8 Å². The zero-order valence-corrected chi connectivity index (χ0v) is 16.9. The van der Waals surface area contributed by atoms with E-state index in [2.05, 4.69) is 0 Å². The van der Waals surface area contributed by atoms with Crippen molar-refractivity contribution in [1.82, 2.24) is 0 Å². The third-order valence-corrected chi connectivity index (χ3v) is 5.50. The number of hydrogen-bond donors (Lipinski definition) is 4. The van der Waals surface area contributed by atoms with Crippen molar-refractivity contribution in [2.24, 2.45) is 0 Å². The van der Waals surface area contributed by atoms with E-state index in [0.717, 1.165) is 11.1 Å². The van der Waals surface area contributed by atoms with Crippen molar-refractivity contribution in [1.29, 1.82) is 0 Å². The fourth-order valence-corrected chi connectivity index (χ4v) is 3.68. The number of benzene rings is 2. The molecule has 29 heavy (non-hydrogen) atoms. The maximum atomic E-state index is 10.4. The highest BCUT2D eigenvalue weighted by Crippen LogP contribution is 2.35. The summed E-state index contributed by atoms with van der Waals surface area (Å²) < 4.78 is 16.2. The molecule has 0 spiro atoms. The summed E-state index contributed by atoms with van der Waals surface area (Å²) in [6.07, 6.45) is -5.57. The van der Waals surface area contributed by atoms with E-state index in [1.165, 1.54) is 0 Å². The number of methoxy groups -OCH3 is 2. The van der Waals surface area contributed by atoms with Crippen molar-refractivity contribution in [3.63, 3.8) is 0 Å². The van der Waals surface area contributed by atoms with Gasteiger partial charge in [0.2, 0.25) is 0 Å². The molecule has 0 bridgehead atoms. The smallest absolute Gasteiger partial charge is 0.160 e. The van der Waals surface area contributed by atoms with Crippen molar-refractivity contribution in [3.8, 4) is 11.5 Å². The molecule has 5 atom stereocenters. The first-order valence-electron chi connectivity index (χ1n) is 9.19. The van der Waals surface area contributed by atoms with E-state index in [1.54, 1.807) is 32.4 Å². The normalized spacial score (nSPS) is 26.9. The predicted molar refractivity (Wildman–Crippen MR) is 107 cm³/mol. The second-order valence-corrected chi connectivity index (χ2v) is 7.37. The van der Waals surface area contributed by atoms with Crippen molar-refractivity contribution < 1.29 is 34.6 Å². The fourth-order valence-electron chi connectivity index (χ4n) is 3.49. The number of aliphatic hydroxyl groups is 4. The second kappa shape index (κ2) is 9.30. The summed E-state index contributed by atoms with van der Waals surface area (Å²) in [4.78, 5) is 0. The van der Waals surface area contributed by atoms with Crippen LogP contribution in [0, 0.1) is 0 Å². The third-order valence-electron chi connectivity index (χ3n) is 5.13. The molecule has 2 aromatic rings. The molecule has 1 heterocycles. The maximum absolute atomic E-state index is 10.4. The fraction of sp³-hybridized carbons (Fsp3) is 0.429. The molecule has 0 aromatic heterocycles. The number of aliphatic hydroxyl groups excluding tert-OH is 4. The third kappa shape index (κ3) is 4.50. The van der Waals surface area contributed by atoms with E-state index in [1.807, 2.05) is 18.2 Å². The highest BCUT2D eigenvalue weighted by atomic mass is 35.5. The van der Waals surface area contributed by atoms with E-state index < -0.39 is 37.1 Å². The topological polar surface area (TPSA) is 109 Å². The standard InChI is InChI=1S/C21H25ClO7/c1-27-15-6-3-11(8-16(15)28-2)7-13-9-12(4-5-14(13)22)21-20(26)19(25)18(24)17(10-23)29-21/h3-6,8-9,17-21,23-26H,7,10H2,1-2H3/t17-,18-,19+,20-,21+/m1/s1. The first-order valence-corrected chi connectivity index (χ1v) is 9.57. The summed E-state index contributed by atoms with van der Waals surface area (Å²) in [6, 6.07) is 10.7. The Bertz CT molecular complexity index is 842. The predicted octanol–water partition coefficient (Wildman–Crippen LogP) is 1.46. The molecule has 2 aromatic carbocycles. The minimum absolute atomic E-state index is 0.479. The van der Waals surface area contributed by atoms with E-state index in [-0.39, 0.29) is 0 Å². The Morgan fingerprint density at radius 3 is 2.31 bits per heavy atom. The van der Waals surface area contributed by atoms with Gasteiger partial charge in [-0.2, -0.15) is 0 Å². The molecule has 3 rings (SSSR count). The Morgan fingerprint density at radius 1 is 0.931 bits per heavy atom. The summed E-state index contributed by atoms with van der Waals surface area (Å²) in [5.41, 5.74) is 2.31. The van der Waals surface area contributed by atoms with Gasteiger partial charge < -0.3 is 34.6 Å². The second-order valence-electron chi connectivity index (χ2n) is 6.97. The molecular formula is C21H25ClO7. The quantitative estimate of drug-likeness (QED) is 0.556. The highest BCUT2D eigenvalue weighted by Gasteiger charge is 2.44. The van der Waals surface area contributed by atoms with Gasteiger partial charge in [0.15, 0.2) is 11.5 Å². The van der Waals surface area contributed by atoms with Gasteiger partial charge in [-0.1, -0.05) is 29.8 Å². The number of halogens is 1. The van der Waals surface area contributed by atoms with E-state index >= 15 is 0 Å². The zero-order valence-electron chi connectivity index (χ0n) is 16.2. The zero-order chi connectivity index (χ0) is 21.1. The Hall–Kier alpha value is -1.87. The summed E-state index contributed by atoms with van der Waals surface area (Å²) in [5, 5.41) is 40.3. The number of hydrogen-bond acceptors (Lipinski definition) is 7. The summed E-state index contributed by atoms with van der Waals surface area (Å²) in [5.74, 6) is 1.23. The van der Waals surface area contributed by atoms with Crippen LogP contribution >= 0.6 is 11.6 Å². The van der Waals surface area contributed by atoms with Gasteiger partial charge >= 0.3 is 0 Å². The SMILES string of the molecule is COc1ccc(Cc2cc([C@@H]3O[C@H](CO)[C@@H](O)[C@H](O)[C@H]3O)ccc2Cl)cc1OC. The van der Waals surface area contributed by atoms with Gasteiger partial charge in [-0.25, -0.2) is 0 Å². The largest absolute Gasteiger partial charge is 0.493 e. The Kier molecular flexibility index (Phi) is 7.00. The first kappa shape index (κ1) is 21.8. The first-order chi connectivity index (χ1) is 13.9. The van der Waals surface area contributed by atoms with Gasteiger partial charge in [0.05, 0.1) is 20.8 Å². The lowest BCUT2D eigenvalue weighted by Crippen LogP contribution is -2.55. The van der Waals surface area contributed by atoms with Crippen LogP contribution in [0.5, 0.6) is 11.5 Å². The lowest BCUT2D eigenvalue weighted by Gasteiger charge is -2.40. The minimum Gasteiger partial charge on any atom is -0.493 e. The lowest BCUT2D eigenvalue weighted by molar-refractivity contribution is -0.231. The van der Waals surface area contributed by atoms with Crippen molar-refractivity contribution >= 4 is 11.6 Å². The molecule has 1 aliphatic rings. The molecule has 4 N–H and O–H groups in total. The van der Waals surface area contributed by atoms with Gasteiger partial charge in [-0.3, -0.25) is 0 Å². The molecule has 0 aliphatic carbocycles. The molecule has 0 saturated carbocycles. The van der Waals surface area contributed by atoms with Crippen LogP contribution in [0.25, 0.3) is 0 Å². The highest BCUT2D eigenvalue weighted by molar-refractivity contribution is 6.31. The molecule has 1 saturated heterocycles. The van der Waals surface area contributed by atoms with Gasteiger partial charge in [0, 0.05) is 5.02 Å². The van der Waals surface area contributed by atoms with Crippen LogP contribution in [0.1, 0.15) is 22.8 Å². The monoisotopic (exact) mass is 424 g/mol. The molecule has 1 aliphatic heterocycles. The minimum atomic E-state index is -1.43. The number of rotatable bonds is 6. The molecule has 158 valence electrons. The Balaban J connectivity index is 1.88. The van der Waals surface area contributed by atoms with Crippen LogP contribution in [0.3, 0.4) is 0 Å². The average molecular weight is 425 g/mol. The maximum Gasteiger partial charge on any atom is 0.160 e. The summed E-state index contributed by atoms with van der Waals surface area (Å²) in [6.45, 7) is -0.479. The molecule has 0 amide bonds. The van der Waals surface area contributed by atoms with E-state index in [0.29, 0.717) is 28.5 Å². The van der Waals surface area contributed by atoms with Crippen LogP contribution in [-0.4, -0.2) is 65.7 Å². The van der Waals surface area contributed by atoms with Gasteiger partial charge in [-0.05, 0) is 41.3 Å². The molecule has 7 nitrogen and oxygen atoms in total. The van der Waals surface area contributed by atoms with Crippen LogP contribution in [0.4, 0.5) is 0 Å². The molecule has 0 unspecified atom stereocenters. The molecule has 1 fully saturated rings. The Morgan fingerprint density at radius 2 is 1.66 bits per heavy atom. The summed E-state index contributed by atoms with van der Waals surface area (Å²) in [7, 11) is 3.13. The van der Waals surface area contributed by atoms with Crippen LogP contribution in [-0.2, 0) is 11.2 Å². The number of ether oxygens (including phenoxy) is 3. The Labute approximate surface area is 174 Å². The van der Waals surface area contributed by atoms with Crippen molar-refractivity contribution in [2.45, 2.75) is 36.9 Å². The van der Waals surface area contributed by atoms with Gasteiger partial charge in [-0.15, -0.1) is 0 Å². The van der Waals surface area contributed by atoms with Gasteiger partial charge in [0.25, 0.3) is 0 Å². The van der Waals surface area contributed by atoms with Crippen LogP contribution in [0.2, 0.25) is 5.02 Å². The van der Waals surface area contributed by atoms with Crippen LogP contribution < -0.4 is 9.47 Å². The average Bonchev–Trinajstić information content (AvgIpc) is 2.74. The van der Waals surface area contributed by atoms with Crippen molar-refractivity contribution in [3.05, 3.63) is 58.1 Å². The van der Waals surface area contributed by atoms with Gasteiger partial charge in [0.1, 0.15) is 30.5 Å². The van der Waals surface area contributed by atoms with E-state index in [4.69, 9.17) is 25.8 Å². The van der Waals surface area contributed by atoms with E-state index in [9.17, 15) is 20.4 Å². The molecule has 0 radical (unpaired) electrons. The molecular weight excluding hydrogens is 400 g/mol. The lowest BCUT2D eigenvalue weighted by atomic mass is 9.90.